The Labute approximate surface area is 96.4 Å². The lowest BCUT2D eigenvalue weighted by Crippen LogP contribution is -2.18. The number of esters is 1. The minimum atomic E-state index is -4.81. The van der Waals surface area contributed by atoms with Gasteiger partial charge in [-0.25, -0.2) is 4.79 Å². The van der Waals surface area contributed by atoms with Crippen LogP contribution < -0.4 is 5.56 Å². The highest BCUT2D eigenvalue weighted by Gasteiger charge is 2.35. The van der Waals surface area contributed by atoms with Crippen LogP contribution >= 0.6 is 0 Å². The Hall–Kier alpha value is -2.32. The highest BCUT2D eigenvalue weighted by molar-refractivity contribution is 5.91. The Morgan fingerprint density at radius 2 is 2.17 bits per heavy atom. The lowest BCUT2D eigenvalue weighted by Gasteiger charge is -2.03. The number of halogens is 3. The van der Waals surface area contributed by atoms with Gasteiger partial charge in [0.2, 0.25) is 17.3 Å². The first-order valence-corrected chi connectivity index (χ1v) is 4.52. The average Bonchev–Trinajstić information content (AvgIpc) is 2.71. The third kappa shape index (κ3) is 1.94. The SMILES string of the molecule is COC(=O)c1cc2c(=O)[nH]c(C(F)(F)F)nc2o1. The van der Waals surface area contributed by atoms with Gasteiger partial charge in [-0.15, -0.1) is 0 Å². The van der Waals surface area contributed by atoms with Gasteiger partial charge in [0.15, 0.2) is 0 Å². The van der Waals surface area contributed by atoms with Gasteiger partial charge in [-0.1, -0.05) is 0 Å². The third-order valence-corrected chi connectivity index (χ3v) is 2.06. The molecule has 96 valence electrons. The van der Waals surface area contributed by atoms with E-state index in [0.29, 0.717) is 0 Å². The van der Waals surface area contributed by atoms with Crippen LogP contribution in [0.5, 0.6) is 0 Å². The number of fused-ring (bicyclic) bond motifs is 1. The number of furan rings is 1. The molecule has 2 rings (SSSR count). The van der Waals surface area contributed by atoms with Crippen LogP contribution in [0.25, 0.3) is 11.1 Å². The molecule has 0 saturated carbocycles. The molecule has 0 unspecified atom stereocenters. The molecule has 0 aromatic carbocycles. The van der Waals surface area contributed by atoms with Crippen molar-refractivity contribution in [1.29, 1.82) is 0 Å². The zero-order valence-electron chi connectivity index (χ0n) is 8.79. The Balaban J connectivity index is 2.67. The van der Waals surface area contributed by atoms with Crippen molar-refractivity contribution in [3.05, 3.63) is 28.0 Å². The molecule has 6 nitrogen and oxygen atoms in total. The minimum absolute atomic E-state index is 0.261. The smallest absolute Gasteiger partial charge is 0.449 e. The zero-order valence-corrected chi connectivity index (χ0v) is 8.79. The van der Waals surface area contributed by atoms with Crippen molar-refractivity contribution in [3.63, 3.8) is 0 Å². The summed E-state index contributed by atoms with van der Waals surface area (Å²) in [5.74, 6) is -2.81. The molecule has 0 aliphatic heterocycles. The van der Waals surface area contributed by atoms with Crippen molar-refractivity contribution in [2.24, 2.45) is 0 Å². The number of aromatic amines is 1. The molecule has 0 atom stereocenters. The van der Waals surface area contributed by atoms with E-state index in [1.165, 1.54) is 0 Å². The number of nitrogens with zero attached hydrogens (tertiary/aromatic N) is 1. The molecule has 2 aromatic heterocycles. The van der Waals surface area contributed by atoms with Crippen LogP contribution in [0.3, 0.4) is 0 Å². The fourth-order valence-electron chi connectivity index (χ4n) is 1.27. The van der Waals surface area contributed by atoms with E-state index < -0.39 is 35.0 Å². The molecule has 0 fully saturated rings. The summed E-state index contributed by atoms with van der Waals surface area (Å²) in [6, 6.07) is 0.965. The van der Waals surface area contributed by atoms with Crippen LogP contribution in [0.2, 0.25) is 0 Å². The van der Waals surface area contributed by atoms with Crippen molar-refractivity contribution in [3.8, 4) is 0 Å². The van der Waals surface area contributed by atoms with E-state index >= 15 is 0 Å². The molecule has 0 radical (unpaired) electrons. The highest BCUT2D eigenvalue weighted by atomic mass is 19.4. The molecule has 1 N–H and O–H groups in total. The molecule has 2 heterocycles. The first-order valence-electron chi connectivity index (χ1n) is 4.52. The van der Waals surface area contributed by atoms with Crippen LogP contribution in [0.4, 0.5) is 13.2 Å². The number of methoxy groups -OCH3 is 1. The molecule has 0 spiro atoms. The number of rotatable bonds is 1. The molecule has 2 aromatic rings. The van der Waals surface area contributed by atoms with E-state index in [2.05, 4.69) is 9.72 Å². The number of hydrogen-bond donors (Lipinski definition) is 1. The van der Waals surface area contributed by atoms with Gasteiger partial charge in [0, 0.05) is 6.07 Å². The molecule has 0 saturated heterocycles. The van der Waals surface area contributed by atoms with Crippen molar-refractivity contribution in [1.82, 2.24) is 9.97 Å². The lowest BCUT2D eigenvalue weighted by molar-refractivity contribution is -0.145. The summed E-state index contributed by atoms with van der Waals surface area (Å²) in [7, 11) is 1.06. The molecule has 18 heavy (non-hydrogen) atoms. The van der Waals surface area contributed by atoms with Crippen molar-refractivity contribution in [2.75, 3.05) is 7.11 Å². The number of hydrogen-bond acceptors (Lipinski definition) is 5. The topological polar surface area (TPSA) is 85.2 Å². The first-order chi connectivity index (χ1) is 8.32. The van der Waals surface area contributed by atoms with Gasteiger partial charge < -0.3 is 14.1 Å². The maximum Gasteiger partial charge on any atom is 0.449 e. The summed E-state index contributed by atoms with van der Waals surface area (Å²) >= 11 is 0. The van der Waals surface area contributed by atoms with Crippen molar-refractivity contribution in [2.45, 2.75) is 6.18 Å². The standard InChI is InChI=1S/C9H5F3N2O4/c1-17-7(16)4-2-3-5(15)13-8(9(10,11)12)14-6(3)18-4/h2H,1H3,(H,13,14,15). The quantitative estimate of drug-likeness (QED) is 0.783. The summed E-state index contributed by atoms with van der Waals surface area (Å²) in [4.78, 5) is 27.1. The normalized spacial score (nSPS) is 11.8. The number of ether oxygens (including phenoxy) is 1. The number of carbonyl (C=O) groups is 1. The Morgan fingerprint density at radius 3 is 2.72 bits per heavy atom. The van der Waals surface area contributed by atoms with E-state index in [9.17, 15) is 22.8 Å². The zero-order chi connectivity index (χ0) is 13.5. The Morgan fingerprint density at radius 1 is 1.50 bits per heavy atom. The lowest BCUT2D eigenvalue weighted by atomic mass is 10.3. The fraction of sp³-hybridized carbons (Fsp3) is 0.222. The molecular weight excluding hydrogens is 257 g/mol. The van der Waals surface area contributed by atoms with Crippen LogP contribution in [-0.4, -0.2) is 23.0 Å². The molecule has 0 aliphatic carbocycles. The first kappa shape index (κ1) is 12.1. The second-order valence-corrected chi connectivity index (χ2v) is 3.23. The predicted molar refractivity (Wildman–Crippen MR) is 51.0 cm³/mol. The molecule has 0 bridgehead atoms. The molecular formula is C9H5F3N2O4. The summed E-state index contributed by atoms with van der Waals surface area (Å²) in [5.41, 5.74) is -1.63. The highest BCUT2D eigenvalue weighted by Crippen LogP contribution is 2.26. The predicted octanol–water partition coefficient (Wildman–Crippen LogP) is 1.32. The van der Waals surface area contributed by atoms with Gasteiger partial charge in [-0.3, -0.25) is 4.79 Å². The van der Waals surface area contributed by atoms with Crippen molar-refractivity contribution >= 4 is 17.1 Å². The van der Waals surface area contributed by atoms with E-state index in [-0.39, 0.29) is 5.39 Å². The Kier molecular flexibility index (Phi) is 2.60. The summed E-state index contributed by atoms with van der Waals surface area (Å²) in [6.07, 6.45) is -4.81. The van der Waals surface area contributed by atoms with Gasteiger partial charge in [-0.2, -0.15) is 18.2 Å². The van der Waals surface area contributed by atoms with E-state index in [1.54, 1.807) is 4.98 Å². The number of alkyl halides is 3. The number of H-pyrrole nitrogens is 1. The largest absolute Gasteiger partial charge is 0.463 e. The molecule has 0 aliphatic rings. The second-order valence-electron chi connectivity index (χ2n) is 3.23. The van der Waals surface area contributed by atoms with Gasteiger partial charge >= 0.3 is 12.1 Å². The van der Waals surface area contributed by atoms with Gasteiger partial charge in [-0.05, 0) is 0 Å². The number of nitrogens with one attached hydrogen (secondary N) is 1. The van der Waals surface area contributed by atoms with E-state index in [0.717, 1.165) is 13.2 Å². The monoisotopic (exact) mass is 262 g/mol. The van der Waals surface area contributed by atoms with Crippen LogP contribution in [0, 0.1) is 0 Å². The van der Waals surface area contributed by atoms with Crippen molar-refractivity contribution < 1.29 is 27.1 Å². The van der Waals surface area contributed by atoms with Crippen LogP contribution in [-0.2, 0) is 10.9 Å². The molecule has 0 amide bonds. The van der Waals surface area contributed by atoms with Gasteiger partial charge in [0.25, 0.3) is 5.56 Å². The van der Waals surface area contributed by atoms with Crippen LogP contribution in [0.15, 0.2) is 15.3 Å². The summed E-state index contributed by atoms with van der Waals surface area (Å²) < 4.78 is 46.1. The fourth-order valence-corrected chi connectivity index (χ4v) is 1.27. The number of aromatic nitrogens is 2. The maximum atomic E-state index is 12.4. The molecule has 9 heteroatoms. The van der Waals surface area contributed by atoms with E-state index in [4.69, 9.17) is 4.42 Å². The van der Waals surface area contributed by atoms with E-state index in [1.807, 2.05) is 0 Å². The average molecular weight is 262 g/mol. The maximum absolute atomic E-state index is 12.4. The summed E-state index contributed by atoms with van der Waals surface area (Å²) in [6.45, 7) is 0. The second kappa shape index (κ2) is 3.86. The van der Waals surface area contributed by atoms with Crippen LogP contribution in [0.1, 0.15) is 16.4 Å². The van der Waals surface area contributed by atoms with Gasteiger partial charge in [0.1, 0.15) is 5.39 Å². The minimum Gasteiger partial charge on any atom is -0.463 e. The number of carbonyl (C=O) groups excluding carboxylic acids is 1. The van der Waals surface area contributed by atoms with Gasteiger partial charge in [0.05, 0.1) is 7.11 Å². The third-order valence-electron chi connectivity index (χ3n) is 2.06. The Bertz CT molecular complexity index is 670. The summed E-state index contributed by atoms with van der Waals surface area (Å²) in [5, 5.41) is -0.261.